The van der Waals surface area contributed by atoms with E-state index in [1.165, 1.54) is 33.4 Å². The highest BCUT2D eigenvalue weighted by molar-refractivity contribution is 7.13. The summed E-state index contributed by atoms with van der Waals surface area (Å²) in [7, 11) is 0. The average molecular weight is 911 g/mol. The van der Waals surface area contributed by atoms with Crippen molar-refractivity contribution in [3.63, 3.8) is 0 Å². The van der Waals surface area contributed by atoms with Crippen LogP contribution in [0.4, 0.5) is 20.9 Å². The SMILES string of the molecule is O=C1CCC(Nc2ccc3c(c2)CC2(CCN(CC(=O)N4CCN(c5ccc(-c6cc(F)c7c(c6)C(=O)N(C(C(=O)Nc6nccs6)c6ncn8c6CCC8)C7)cc5)CC4)CC2)C3)C(=O)N1. The van der Waals surface area contributed by atoms with Crippen LogP contribution in [-0.2, 0) is 51.5 Å². The van der Waals surface area contributed by atoms with Gasteiger partial charge in [0.15, 0.2) is 11.2 Å². The van der Waals surface area contributed by atoms with Gasteiger partial charge in [-0.15, -0.1) is 11.3 Å². The van der Waals surface area contributed by atoms with E-state index in [2.05, 4.69) is 47.9 Å². The van der Waals surface area contributed by atoms with Crippen LogP contribution in [0.5, 0.6) is 0 Å². The number of thiazole rings is 1. The molecule has 3 N–H and O–H groups in total. The second-order valence-corrected chi connectivity index (χ2v) is 19.6. The molecule has 66 heavy (non-hydrogen) atoms. The van der Waals surface area contributed by atoms with Crippen molar-refractivity contribution >= 4 is 57.4 Å². The fraction of sp³-hybridized carbons (Fsp3) is 0.408. The lowest BCUT2D eigenvalue weighted by atomic mass is 9.76. The second-order valence-electron chi connectivity index (χ2n) is 18.7. The van der Waals surface area contributed by atoms with E-state index < -0.39 is 29.7 Å². The van der Waals surface area contributed by atoms with Crippen molar-refractivity contribution in [1.29, 1.82) is 0 Å². The number of carbonyl (C=O) groups is 5. The molecular formula is C49H51FN10O5S. The number of rotatable bonds is 10. The van der Waals surface area contributed by atoms with Crippen LogP contribution < -0.4 is 20.9 Å². The van der Waals surface area contributed by atoms with Crippen molar-refractivity contribution in [3.05, 3.63) is 112 Å². The van der Waals surface area contributed by atoms with E-state index in [1.54, 1.807) is 24.0 Å². The molecule has 17 heteroatoms. The van der Waals surface area contributed by atoms with Crippen molar-refractivity contribution in [1.82, 2.24) is 34.6 Å². The smallest absolute Gasteiger partial charge is 0.255 e. The number of nitrogens with zero attached hydrogens (tertiary/aromatic N) is 7. The minimum atomic E-state index is -1.05. The van der Waals surface area contributed by atoms with Gasteiger partial charge in [0.1, 0.15) is 11.9 Å². The second kappa shape index (κ2) is 17.1. The molecule has 2 unspecified atom stereocenters. The van der Waals surface area contributed by atoms with Gasteiger partial charge in [-0.1, -0.05) is 18.2 Å². The summed E-state index contributed by atoms with van der Waals surface area (Å²) in [6.07, 6.45) is 9.89. The molecule has 1 spiro atoms. The summed E-state index contributed by atoms with van der Waals surface area (Å²) in [6, 6.07) is 16.0. The summed E-state index contributed by atoms with van der Waals surface area (Å²) in [5, 5.41) is 10.8. The number of halogens is 1. The molecule has 3 aromatic carbocycles. The number of likely N-dealkylation sites (tertiary alicyclic amines) is 1. The number of benzene rings is 3. The molecule has 6 aliphatic rings. The zero-order valence-corrected chi connectivity index (χ0v) is 37.4. The number of carbonyl (C=O) groups excluding carboxylic acids is 5. The number of fused-ring (bicyclic) bond motifs is 3. The van der Waals surface area contributed by atoms with Crippen LogP contribution in [0.2, 0.25) is 0 Å². The molecule has 3 fully saturated rings. The lowest BCUT2D eigenvalue weighted by Crippen LogP contribution is -2.52. The number of aromatic nitrogens is 3. The van der Waals surface area contributed by atoms with E-state index in [4.69, 9.17) is 0 Å². The number of nitrogens with one attached hydrogen (secondary N) is 3. The minimum Gasteiger partial charge on any atom is -0.374 e. The minimum absolute atomic E-state index is 0.0545. The standard InChI is InChI=1S/C49H51FN10O5S/c50-38-24-32(23-36-37(38)27-60(47(36)65)44(46(64)55-48-51-13-21-66-48)43-40-2-1-14-59(40)29-52-43)30-4-7-35(8-5-30)57-17-19-58(20-18-57)42(62)28-56-15-11-49(12-16-56)25-31-3-6-34(22-33(31)26-49)53-39-9-10-41(61)54-45(39)63/h3-8,13,21-24,29,39,44,53H,1-2,9-12,14-20,25-28H2,(H,51,55,64)(H,54,61,63). The Morgan fingerprint density at radius 1 is 0.894 bits per heavy atom. The molecule has 5 aromatic rings. The molecular weight excluding hydrogens is 860 g/mol. The topological polar surface area (TPSA) is 165 Å². The molecule has 0 saturated carbocycles. The average Bonchev–Trinajstić information content (AvgIpc) is 4.18. The van der Waals surface area contributed by atoms with Crippen molar-refractivity contribution in [2.45, 2.75) is 76.5 Å². The molecule has 15 nitrogen and oxygen atoms in total. The molecule has 7 heterocycles. The van der Waals surface area contributed by atoms with Gasteiger partial charge in [0, 0.05) is 78.9 Å². The highest BCUT2D eigenvalue weighted by Crippen LogP contribution is 2.45. The maximum atomic E-state index is 16.0. The number of aryl methyl sites for hydroxylation is 1. The van der Waals surface area contributed by atoms with Crippen LogP contribution in [-0.4, -0.2) is 111 Å². The predicted molar refractivity (Wildman–Crippen MR) is 246 cm³/mol. The number of piperidine rings is 2. The summed E-state index contributed by atoms with van der Waals surface area (Å²) in [6.45, 7) is 5.57. The summed E-state index contributed by atoms with van der Waals surface area (Å²) in [4.78, 5) is 82.2. The Kier molecular flexibility index (Phi) is 10.9. The van der Waals surface area contributed by atoms with Gasteiger partial charge in [0.25, 0.3) is 11.8 Å². The van der Waals surface area contributed by atoms with E-state index >= 15 is 4.39 Å². The molecule has 5 aliphatic heterocycles. The van der Waals surface area contributed by atoms with E-state index in [1.807, 2.05) is 39.8 Å². The number of imide groups is 1. The first-order valence-electron chi connectivity index (χ1n) is 23.0. The van der Waals surface area contributed by atoms with Crippen LogP contribution in [0.1, 0.15) is 76.6 Å². The molecule has 3 saturated heterocycles. The fourth-order valence-corrected chi connectivity index (χ4v) is 11.6. The highest BCUT2D eigenvalue weighted by Gasteiger charge is 2.43. The molecule has 2 atom stereocenters. The van der Waals surface area contributed by atoms with Crippen molar-refractivity contribution in [3.8, 4) is 11.1 Å². The van der Waals surface area contributed by atoms with Crippen molar-refractivity contribution in [2.75, 3.05) is 61.3 Å². The van der Waals surface area contributed by atoms with Gasteiger partial charge in [0.2, 0.25) is 17.7 Å². The number of anilines is 3. The molecule has 11 rings (SSSR count). The summed E-state index contributed by atoms with van der Waals surface area (Å²) < 4.78 is 18.0. The maximum Gasteiger partial charge on any atom is 0.255 e. The predicted octanol–water partition coefficient (Wildman–Crippen LogP) is 5.17. The number of amides is 5. The summed E-state index contributed by atoms with van der Waals surface area (Å²) in [5.74, 6) is -1.68. The van der Waals surface area contributed by atoms with Crippen LogP contribution in [0, 0.1) is 11.2 Å². The van der Waals surface area contributed by atoms with Gasteiger partial charge in [-0.05, 0) is 122 Å². The first-order chi connectivity index (χ1) is 32.1. The number of piperazine rings is 1. The van der Waals surface area contributed by atoms with Gasteiger partial charge < -0.3 is 24.6 Å². The maximum absolute atomic E-state index is 16.0. The summed E-state index contributed by atoms with van der Waals surface area (Å²) >= 11 is 1.28. The third-order valence-corrected chi connectivity index (χ3v) is 15.4. The molecule has 0 radical (unpaired) electrons. The van der Waals surface area contributed by atoms with Crippen molar-refractivity contribution < 1.29 is 28.4 Å². The van der Waals surface area contributed by atoms with Gasteiger partial charge in [-0.2, -0.15) is 0 Å². The van der Waals surface area contributed by atoms with Crippen LogP contribution >= 0.6 is 11.3 Å². The van der Waals surface area contributed by atoms with Crippen LogP contribution in [0.15, 0.2) is 72.5 Å². The Labute approximate surface area is 385 Å². The number of hydrogen-bond donors (Lipinski definition) is 3. The Morgan fingerprint density at radius 3 is 2.47 bits per heavy atom. The Hall–Kier alpha value is -6.46. The van der Waals surface area contributed by atoms with Gasteiger partial charge in [-0.25, -0.2) is 14.4 Å². The lowest BCUT2D eigenvalue weighted by Gasteiger charge is -2.41. The zero-order chi connectivity index (χ0) is 45.1. The van der Waals surface area contributed by atoms with E-state index in [-0.39, 0.29) is 40.8 Å². The van der Waals surface area contributed by atoms with Crippen molar-refractivity contribution in [2.24, 2.45) is 5.41 Å². The highest BCUT2D eigenvalue weighted by atomic mass is 32.1. The Bertz CT molecular complexity index is 2740. The summed E-state index contributed by atoms with van der Waals surface area (Å²) in [5.41, 5.74) is 8.05. The van der Waals surface area contributed by atoms with Crippen LogP contribution in [0.3, 0.4) is 0 Å². The molecule has 1 aliphatic carbocycles. The Morgan fingerprint density at radius 2 is 1.70 bits per heavy atom. The third kappa shape index (κ3) is 8.01. The molecule has 5 amide bonds. The first-order valence-corrected chi connectivity index (χ1v) is 23.9. The van der Waals surface area contributed by atoms with Gasteiger partial charge in [0.05, 0.1) is 25.1 Å². The zero-order valence-electron chi connectivity index (χ0n) is 36.6. The van der Waals surface area contributed by atoms with E-state index in [0.29, 0.717) is 62.0 Å². The fourth-order valence-electron chi connectivity index (χ4n) is 11.0. The third-order valence-electron chi connectivity index (χ3n) is 14.7. The van der Waals surface area contributed by atoms with E-state index in [9.17, 15) is 24.0 Å². The van der Waals surface area contributed by atoms with Gasteiger partial charge in [-0.3, -0.25) is 39.5 Å². The normalized spacial score (nSPS) is 20.6. The first kappa shape index (κ1) is 42.2. The molecule has 2 aromatic heterocycles. The largest absolute Gasteiger partial charge is 0.374 e. The number of hydrogen-bond acceptors (Lipinski definition) is 11. The quantitative estimate of drug-likeness (QED) is 0.159. The van der Waals surface area contributed by atoms with Crippen LogP contribution in [0.25, 0.3) is 11.1 Å². The molecule has 0 bridgehead atoms. The van der Waals surface area contributed by atoms with Gasteiger partial charge >= 0.3 is 0 Å². The lowest BCUT2D eigenvalue weighted by molar-refractivity contribution is -0.134. The molecule has 340 valence electrons. The number of imidazole rings is 1. The monoisotopic (exact) mass is 910 g/mol. The van der Waals surface area contributed by atoms with E-state index in [0.717, 1.165) is 80.8 Å². The Balaban J connectivity index is 0.681.